The van der Waals surface area contributed by atoms with Crippen LogP contribution in [0.4, 0.5) is 18.9 Å². The molecule has 0 aliphatic carbocycles. The highest BCUT2D eigenvalue weighted by molar-refractivity contribution is 5.54. The summed E-state index contributed by atoms with van der Waals surface area (Å²) in [6.07, 6.45) is -3.07. The Morgan fingerprint density at radius 3 is 2.60 bits per heavy atom. The van der Waals surface area contributed by atoms with E-state index in [1.165, 1.54) is 19.4 Å². The lowest BCUT2D eigenvalue weighted by Gasteiger charge is -2.14. The van der Waals surface area contributed by atoms with Crippen molar-refractivity contribution in [3.63, 3.8) is 0 Å². The van der Waals surface area contributed by atoms with Crippen molar-refractivity contribution in [2.24, 2.45) is 0 Å². The number of nitro groups is 1. The number of hydrogen-bond acceptors (Lipinski definition) is 6. The minimum absolute atomic E-state index is 0.0235. The molecule has 1 aromatic heterocycles. The Kier molecular flexibility index (Phi) is 5.86. The molecular formula is C15H15F3N2O5. The van der Waals surface area contributed by atoms with E-state index in [4.69, 9.17) is 9.15 Å². The Morgan fingerprint density at radius 2 is 2.04 bits per heavy atom. The maximum atomic E-state index is 12.3. The number of rotatable bonds is 8. The van der Waals surface area contributed by atoms with E-state index in [2.05, 4.69) is 10.1 Å². The zero-order chi connectivity index (χ0) is 18.4. The quantitative estimate of drug-likeness (QED) is 0.573. The second-order valence-corrected chi connectivity index (χ2v) is 4.98. The number of ether oxygens (including phenoxy) is 2. The van der Waals surface area contributed by atoms with Crippen LogP contribution in [0.2, 0.25) is 0 Å². The van der Waals surface area contributed by atoms with Crippen molar-refractivity contribution in [1.29, 1.82) is 0 Å². The number of nitrogens with zero attached hydrogens (tertiary/aromatic N) is 1. The molecule has 0 fully saturated rings. The molecule has 1 heterocycles. The smallest absolute Gasteiger partial charge is 0.422 e. The van der Waals surface area contributed by atoms with Gasteiger partial charge in [-0.05, 0) is 18.2 Å². The SMILES string of the molecule is COc1cc(CNCc2ccco2)c([N+](=O)[O-])cc1OCC(F)(F)F. The topological polar surface area (TPSA) is 86.8 Å². The number of benzene rings is 1. The van der Waals surface area contributed by atoms with Gasteiger partial charge in [0.15, 0.2) is 18.1 Å². The third-order valence-corrected chi connectivity index (χ3v) is 3.15. The fourth-order valence-corrected chi connectivity index (χ4v) is 2.07. The molecule has 136 valence electrons. The van der Waals surface area contributed by atoms with Crippen molar-refractivity contribution in [3.05, 3.63) is 52.0 Å². The molecule has 0 spiro atoms. The summed E-state index contributed by atoms with van der Waals surface area (Å²) in [6.45, 7) is -1.15. The van der Waals surface area contributed by atoms with Crippen LogP contribution in [0.1, 0.15) is 11.3 Å². The summed E-state index contributed by atoms with van der Waals surface area (Å²) >= 11 is 0. The molecule has 0 radical (unpaired) electrons. The Labute approximate surface area is 140 Å². The normalized spacial score (nSPS) is 11.4. The molecule has 10 heteroatoms. The Balaban J connectivity index is 2.18. The van der Waals surface area contributed by atoms with E-state index < -0.39 is 17.7 Å². The highest BCUT2D eigenvalue weighted by Gasteiger charge is 2.30. The number of halogens is 3. The minimum atomic E-state index is -4.57. The first kappa shape index (κ1) is 18.6. The number of nitro benzene ring substituents is 1. The van der Waals surface area contributed by atoms with E-state index in [9.17, 15) is 23.3 Å². The monoisotopic (exact) mass is 360 g/mol. The van der Waals surface area contributed by atoms with E-state index >= 15 is 0 Å². The van der Waals surface area contributed by atoms with Crippen LogP contribution >= 0.6 is 0 Å². The fourth-order valence-electron chi connectivity index (χ4n) is 2.07. The van der Waals surface area contributed by atoms with Gasteiger partial charge in [0.2, 0.25) is 0 Å². The molecule has 0 saturated heterocycles. The molecule has 0 amide bonds. The van der Waals surface area contributed by atoms with Crippen LogP contribution in [0, 0.1) is 10.1 Å². The van der Waals surface area contributed by atoms with Crippen molar-refractivity contribution >= 4 is 5.69 Å². The lowest BCUT2D eigenvalue weighted by atomic mass is 10.1. The largest absolute Gasteiger partial charge is 0.493 e. The highest BCUT2D eigenvalue weighted by atomic mass is 19.4. The molecule has 25 heavy (non-hydrogen) atoms. The summed E-state index contributed by atoms with van der Waals surface area (Å²) in [5.41, 5.74) is -0.127. The second kappa shape index (κ2) is 7.88. The van der Waals surface area contributed by atoms with Gasteiger partial charge in [-0.25, -0.2) is 0 Å². The van der Waals surface area contributed by atoms with Crippen LogP contribution in [0.15, 0.2) is 34.9 Å². The molecule has 0 saturated carbocycles. The number of methoxy groups -OCH3 is 1. The maximum absolute atomic E-state index is 12.3. The van der Waals surface area contributed by atoms with Gasteiger partial charge in [0.05, 0.1) is 30.9 Å². The van der Waals surface area contributed by atoms with E-state index in [1.807, 2.05) is 0 Å². The molecular weight excluding hydrogens is 345 g/mol. The molecule has 0 aliphatic rings. The zero-order valence-corrected chi connectivity index (χ0v) is 13.1. The summed E-state index contributed by atoms with van der Waals surface area (Å²) in [4.78, 5) is 10.5. The number of nitrogens with one attached hydrogen (secondary N) is 1. The van der Waals surface area contributed by atoms with Gasteiger partial charge in [0.25, 0.3) is 5.69 Å². The van der Waals surface area contributed by atoms with Crippen molar-refractivity contribution in [1.82, 2.24) is 5.32 Å². The molecule has 0 atom stereocenters. The van der Waals surface area contributed by atoms with Crippen LogP contribution in [0.5, 0.6) is 11.5 Å². The third kappa shape index (κ3) is 5.38. The molecule has 2 rings (SSSR count). The third-order valence-electron chi connectivity index (χ3n) is 3.15. The predicted molar refractivity (Wildman–Crippen MR) is 80.5 cm³/mol. The molecule has 7 nitrogen and oxygen atoms in total. The maximum Gasteiger partial charge on any atom is 0.422 e. The lowest BCUT2D eigenvalue weighted by molar-refractivity contribution is -0.385. The summed E-state index contributed by atoms with van der Waals surface area (Å²) in [5.74, 6) is 0.269. The Bertz CT molecular complexity index is 717. The van der Waals surface area contributed by atoms with Gasteiger partial charge in [0, 0.05) is 12.1 Å². The summed E-state index contributed by atoms with van der Waals surface area (Å²) in [7, 11) is 1.24. The van der Waals surface area contributed by atoms with Gasteiger partial charge in [-0.1, -0.05) is 0 Å². The van der Waals surface area contributed by atoms with Gasteiger partial charge in [-0.3, -0.25) is 10.1 Å². The zero-order valence-electron chi connectivity index (χ0n) is 13.1. The first-order valence-electron chi connectivity index (χ1n) is 7.08. The van der Waals surface area contributed by atoms with Crippen LogP contribution in [0.25, 0.3) is 0 Å². The minimum Gasteiger partial charge on any atom is -0.493 e. The summed E-state index contributed by atoms with van der Waals surface area (Å²) in [6, 6.07) is 5.64. The molecule has 0 aliphatic heterocycles. The van der Waals surface area contributed by atoms with Gasteiger partial charge in [-0.2, -0.15) is 13.2 Å². The fraction of sp³-hybridized carbons (Fsp3) is 0.333. The predicted octanol–water partition coefficient (Wildman–Crippen LogP) is 3.43. The average Bonchev–Trinajstić information content (AvgIpc) is 3.05. The van der Waals surface area contributed by atoms with Crippen molar-refractivity contribution < 1.29 is 32.0 Å². The lowest BCUT2D eigenvalue weighted by Crippen LogP contribution is -2.20. The van der Waals surface area contributed by atoms with Gasteiger partial charge < -0.3 is 19.2 Å². The van der Waals surface area contributed by atoms with Crippen molar-refractivity contribution in [2.75, 3.05) is 13.7 Å². The van der Waals surface area contributed by atoms with Crippen molar-refractivity contribution in [3.8, 4) is 11.5 Å². The number of alkyl halides is 3. The highest BCUT2D eigenvalue weighted by Crippen LogP contribution is 2.35. The summed E-state index contributed by atoms with van der Waals surface area (Å²) in [5, 5.41) is 14.2. The molecule has 1 N–H and O–H groups in total. The van der Waals surface area contributed by atoms with Gasteiger partial charge in [-0.15, -0.1) is 0 Å². The van der Waals surface area contributed by atoms with E-state index in [-0.39, 0.29) is 29.3 Å². The van der Waals surface area contributed by atoms with E-state index in [0.717, 1.165) is 6.07 Å². The average molecular weight is 360 g/mol. The van der Waals surface area contributed by atoms with Crippen LogP contribution in [-0.4, -0.2) is 24.8 Å². The summed E-state index contributed by atoms with van der Waals surface area (Å²) < 4.78 is 51.6. The van der Waals surface area contributed by atoms with Crippen LogP contribution in [0.3, 0.4) is 0 Å². The Morgan fingerprint density at radius 1 is 1.28 bits per heavy atom. The van der Waals surface area contributed by atoms with E-state index in [0.29, 0.717) is 12.3 Å². The van der Waals surface area contributed by atoms with Crippen molar-refractivity contribution in [2.45, 2.75) is 19.3 Å². The van der Waals surface area contributed by atoms with Crippen LogP contribution in [-0.2, 0) is 13.1 Å². The van der Waals surface area contributed by atoms with Gasteiger partial charge >= 0.3 is 6.18 Å². The molecule has 2 aromatic rings. The Hall–Kier alpha value is -2.75. The molecule has 0 bridgehead atoms. The molecule has 0 unspecified atom stereocenters. The van der Waals surface area contributed by atoms with E-state index in [1.54, 1.807) is 12.1 Å². The first-order valence-corrected chi connectivity index (χ1v) is 7.08. The first-order chi connectivity index (χ1) is 11.8. The standard InChI is InChI=1S/C15H15F3N2O5/c1-23-13-5-10(7-19-8-11-3-2-4-24-11)12(20(21)22)6-14(13)25-9-15(16,17)18/h2-6,19H,7-9H2,1H3. The number of furan rings is 1. The number of hydrogen-bond donors (Lipinski definition) is 1. The second-order valence-electron chi connectivity index (χ2n) is 4.98. The molecule has 1 aromatic carbocycles. The van der Waals surface area contributed by atoms with Crippen LogP contribution < -0.4 is 14.8 Å². The van der Waals surface area contributed by atoms with Gasteiger partial charge in [0.1, 0.15) is 5.76 Å².